The number of fused-ring (bicyclic) bond motifs is 4. The SMILES string of the molecule is O=COCCC1(CCC(=O)O)c2ccc(F)cc2-c2cc3ccccc3cc21. The summed E-state index contributed by atoms with van der Waals surface area (Å²) in [4.78, 5) is 22.1. The second kappa shape index (κ2) is 7.08. The maximum atomic E-state index is 14.1. The summed E-state index contributed by atoms with van der Waals surface area (Å²) in [5.74, 6) is -1.23. The second-order valence-corrected chi connectivity index (χ2v) is 7.13. The van der Waals surface area contributed by atoms with Crippen molar-refractivity contribution in [3.63, 3.8) is 0 Å². The Balaban J connectivity index is 1.97. The Morgan fingerprint density at radius 3 is 2.43 bits per heavy atom. The molecule has 0 fully saturated rings. The molecule has 4 rings (SSSR count). The van der Waals surface area contributed by atoms with Crippen molar-refractivity contribution in [1.82, 2.24) is 0 Å². The number of ether oxygens (including phenoxy) is 1. The highest BCUT2D eigenvalue weighted by Crippen LogP contribution is 2.54. The lowest BCUT2D eigenvalue weighted by Gasteiger charge is -2.31. The molecular weight excluding hydrogens is 359 g/mol. The van der Waals surface area contributed by atoms with Gasteiger partial charge in [-0.2, -0.15) is 0 Å². The molecule has 1 atom stereocenters. The van der Waals surface area contributed by atoms with Gasteiger partial charge in [0.1, 0.15) is 5.82 Å². The zero-order valence-corrected chi connectivity index (χ0v) is 15.2. The van der Waals surface area contributed by atoms with Crippen LogP contribution < -0.4 is 0 Å². The van der Waals surface area contributed by atoms with Crippen LogP contribution in [0.15, 0.2) is 54.6 Å². The quantitative estimate of drug-likeness (QED) is 0.479. The molecule has 1 unspecified atom stereocenters. The number of aliphatic carboxylic acids is 1. The van der Waals surface area contributed by atoms with Crippen LogP contribution in [0.5, 0.6) is 0 Å². The van der Waals surface area contributed by atoms with Crippen LogP contribution in [0.1, 0.15) is 30.4 Å². The molecule has 1 aliphatic carbocycles. The first-order chi connectivity index (χ1) is 13.5. The van der Waals surface area contributed by atoms with Gasteiger partial charge in [0.15, 0.2) is 0 Å². The van der Waals surface area contributed by atoms with Crippen LogP contribution in [0.4, 0.5) is 4.39 Å². The van der Waals surface area contributed by atoms with E-state index in [2.05, 4.69) is 6.07 Å². The fourth-order valence-electron chi connectivity index (χ4n) is 4.43. The molecule has 0 spiro atoms. The van der Waals surface area contributed by atoms with E-state index in [1.165, 1.54) is 12.1 Å². The van der Waals surface area contributed by atoms with E-state index >= 15 is 0 Å². The lowest BCUT2D eigenvalue weighted by atomic mass is 9.72. The molecule has 1 aliphatic rings. The number of hydrogen-bond donors (Lipinski definition) is 1. The summed E-state index contributed by atoms with van der Waals surface area (Å²) in [6.07, 6.45) is 0.738. The number of benzene rings is 3. The Bertz CT molecular complexity index is 1080. The van der Waals surface area contributed by atoms with Crippen LogP contribution in [0.25, 0.3) is 21.9 Å². The molecule has 0 bridgehead atoms. The van der Waals surface area contributed by atoms with Crippen molar-refractivity contribution in [2.24, 2.45) is 0 Å². The predicted molar refractivity (Wildman–Crippen MR) is 104 cm³/mol. The Morgan fingerprint density at radius 1 is 1.00 bits per heavy atom. The molecule has 0 heterocycles. The Hall–Kier alpha value is -3.21. The first-order valence-corrected chi connectivity index (χ1v) is 9.16. The van der Waals surface area contributed by atoms with Crippen LogP contribution in [0.2, 0.25) is 0 Å². The van der Waals surface area contributed by atoms with Crippen molar-refractivity contribution < 1.29 is 23.8 Å². The van der Waals surface area contributed by atoms with Crippen molar-refractivity contribution in [2.45, 2.75) is 24.7 Å². The number of halogens is 1. The minimum absolute atomic E-state index is 0.0375. The van der Waals surface area contributed by atoms with Gasteiger partial charge in [0.05, 0.1) is 6.61 Å². The number of carboxylic acid groups (broad SMARTS) is 1. The molecular formula is C23H19FO4. The molecule has 0 saturated carbocycles. The van der Waals surface area contributed by atoms with Crippen molar-refractivity contribution in [3.8, 4) is 11.1 Å². The number of carbonyl (C=O) groups is 2. The van der Waals surface area contributed by atoms with Gasteiger partial charge in [-0.25, -0.2) is 4.39 Å². The van der Waals surface area contributed by atoms with Gasteiger partial charge in [-0.1, -0.05) is 30.3 Å². The normalized spacial score (nSPS) is 17.2. The largest absolute Gasteiger partial charge is 0.481 e. The molecule has 5 heteroatoms. The Labute approximate surface area is 161 Å². The fourth-order valence-corrected chi connectivity index (χ4v) is 4.43. The molecule has 4 nitrogen and oxygen atoms in total. The summed E-state index contributed by atoms with van der Waals surface area (Å²) < 4.78 is 19.0. The number of carbonyl (C=O) groups excluding carboxylic acids is 1. The van der Waals surface area contributed by atoms with Crippen molar-refractivity contribution in [1.29, 1.82) is 0 Å². The van der Waals surface area contributed by atoms with Crippen LogP contribution >= 0.6 is 0 Å². The maximum absolute atomic E-state index is 14.1. The van der Waals surface area contributed by atoms with Crippen molar-refractivity contribution in [3.05, 3.63) is 71.5 Å². The first-order valence-electron chi connectivity index (χ1n) is 9.16. The third kappa shape index (κ3) is 2.93. The third-order valence-corrected chi connectivity index (χ3v) is 5.67. The minimum atomic E-state index is -0.895. The van der Waals surface area contributed by atoms with Gasteiger partial charge in [-0.3, -0.25) is 9.59 Å². The van der Waals surface area contributed by atoms with Crippen LogP contribution in [-0.4, -0.2) is 24.2 Å². The monoisotopic (exact) mass is 378 g/mol. The minimum Gasteiger partial charge on any atom is -0.481 e. The summed E-state index contributed by atoms with van der Waals surface area (Å²) in [5.41, 5.74) is 2.88. The molecule has 0 saturated heterocycles. The molecule has 0 aromatic heterocycles. The highest BCUT2D eigenvalue weighted by molar-refractivity contribution is 5.93. The predicted octanol–water partition coefficient (Wildman–Crippen LogP) is 4.67. The summed E-state index contributed by atoms with van der Waals surface area (Å²) in [6, 6.07) is 16.6. The summed E-state index contributed by atoms with van der Waals surface area (Å²) in [5, 5.41) is 11.4. The fraction of sp³-hybridized carbons (Fsp3) is 0.217. The number of carboxylic acids is 1. The average molecular weight is 378 g/mol. The molecule has 142 valence electrons. The average Bonchev–Trinajstić information content (AvgIpc) is 2.94. The molecule has 0 aliphatic heterocycles. The molecule has 28 heavy (non-hydrogen) atoms. The highest BCUT2D eigenvalue weighted by Gasteiger charge is 2.43. The Kier molecular flexibility index (Phi) is 4.59. The summed E-state index contributed by atoms with van der Waals surface area (Å²) >= 11 is 0. The van der Waals surface area contributed by atoms with E-state index in [1.807, 2.05) is 30.3 Å². The van der Waals surface area contributed by atoms with E-state index in [0.29, 0.717) is 19.3 Å². The Morgan fingerprint density at radius 2 is 1.71 bits per heavy atom. The van der Waals surface area contributed by atoms with Crippen LogP contribution in [-0.2, 0) is 19.7 Å². The molecule has 1 N–H and O–H groups in total. The first kappa shape index (κ1) is 18.2. The van der Waals surface area contributed by atoms with Gasteiger partial charge in [0.25, 0.3) is 6.47 Å². The van der Waals surface area contributed by atoms with Crippen molar-refractivity contribution in [2.75, 3.05) is 6.61 Å². The molecule has 0 radical (unpaired) electrons. The van der Waals surface area contributed by atoms with Gasteiger partial charge >= 0.3 is 5.97 Å². The zero-order valence-electron chi connectivity index (χ0n) is 15.2. The molecule has 0 amide bonds. The third-order valence-electron chi connectivity index (χ3n) is 5.67. The van der Waals surface area contributed by atoms with E-state index in [0.717, 1.165) is 33.0 Å². The van der Waals surface area contributed by atoms with Gasteiger partial charge < -0.3 is 9.84 Å². The molecule has 3 aromatic rings. The zero-order chi connectivity index (χ0) is 19.7. The topological polar surface area (TPSA) is 63.6 Å². The van der Waals surface area contributed by atoms with E-state index in [4.69, 9.17) is 4.74 Å². The number of rotatable bonds is 7. The second-order valence-electron chi connectivity index (χ2n) is 7.13. The number of hydrogen-bond acceptors (Lipinski definition) is 3. The lowest BCUT2D eigenvalue weighted by Crippen LogP contribution is -2.28. The lowest BCUT2D eigenvalue weighted by molar-refractivity contribution is -0.137. The smallest absolute Gasteiger partial charge is 0.303 e. The van der Waals surface area contributed by atoms with Gasteiger partial charge in [-0.05, 0) is 70.1 Å². The highest BCUT2D eigenvalue weighted by atomic mass is 19.1. The van der Waals surface area contributed by atoms with E-state index in [9.17, 15) is 19.1 Å². The van der Waals surface area contributed by atoms with Crippen LogP contribution in [0.3, 0.4) is 0 Å². The standard InChI is InChI=1S/C23H19FO4/c24-17-5-6-20-19(13-17)18-11-15-3-1-2-4-16(15)12-21(18)23(20,8-7-22(26)27)9-10-28-14-25/h1-6,11-14H,7-10H2,(H,26,27). The van der Waals surface area contributed by atoms with E-state index in [1.54, 1.807) is 6.07 Å². The van der Waals surface area contributed by atoms with E-state index < -0.39 is 11.4 Å². The van der Waals surface area contributed by atoms with Gasteiger partial charge in [-0.15, -0.1) is 0 Å². The summed E-state index contributed by atoms with van der Waals surface area (Å²) in [7, 11) is 0. The van der Waals surface area contributed by atoms with Crippen molar-refractivity contribution >= 4 is 23.2 Å². The summed E-state index contributed by atoms with van der Waals surface area (Å²) in [6.45, 7) is 0.554. The molecule has 3 aromatic carbocycles. The maximum Gasteiger partial charge on any atom is 0.303 e. The van der Waals surface area contributed by atoms with Crippen LogP contribution in [0, 0.1) is 5.82 Å². The van der Waals surface area contributed by atoms with Gasteiger partial charge in [0.2, 0.25) is 0 Å². The van der Waals surface area contributed by atoms with E-state index in [-0.39, 0.29) is 18.8 Å². The van der Waals surface area contributed by atoms with Gasteiger partial charge in [0, 0.05) is 11.8 Å².